The molecule has 1 N–H and O–H groups in total. The Morgan fingerprint density at radius 2 is 1.69 bits per heavy atom. The second-order valence-electron chi connectivity index (χ2n) is 8.09. The van der Waals surface area contributed by atoms with Gasteiger partial charge in [-0.25, -0.2) is 0 Å². The van der Waals surface area contributed by atoms with Crippen LogP contribution in [0.1, 0.15) is 67.8 Å². The molecule has 1 saturated heterocycles. The van der Waals surface area contributed by atoms with Gasteiger partial charge >= 0.3 is 5.97 Å². The van der Waals surface area contributed by atoms with Crippen LogP contribution >= 0.6 is 0 Å². The minimum absolute atomic E-state index is 0.0585. The molecule has 0 bridgehead atoms. The quantitative estimate of drug-likeness (QED) is 0.744. The first kappa shape index (κ1) is 21.3. The molecule has 2 aliphatic rings. The van der Waals surface area contributed by atoms with Crippen molar-refractivity contribution < 1.29 is 19.1 Å². The predicted octanol–water partition coefficient (Wildman–Crippen LogP) is 3.30. The smallest absolute Gasteiger partial charge is 0.310 e. The van der Waals surface area contributed by atoms with E-state index in [1.165, 1.54) is 6.42 Å². The summed E-state index contributed by atoms with van der Waals surface area (Å²) in [5, 5.41) is 3.03. The van der Waals surface area contributed by atoms with Crippen LogP contribution in [0.2, 0.25) is 0 Å². The van der Waals surface area contributed by atoms with Crippen LogP contribution in [0.5, 0.6) is 0 Å². The van der Waals surface area contributed by atoms with Crippen molar-refractivity contribution >= 4 is 17.8 Å². The molecule has 1 aromatic rings. The zero-order valence-corrected chi connectivity index (χ0v) is 17.3. The molecule has 1 aliphatic heterocycles. The van der Waals surface area contributed by atoms with Gasteiger partial charge in [0.1, 0.15) is 0 Å². The Morgan fingerprint density at radius 3 is 2.38 bits per heavy atom. The van der Waals surface area contributed by atoms with Gasteiger partial charge in [-0.2, -0.15) is 0 Å². The molecule has 1 atom stereocenters. The number of piperidine rings is 1. The summed E-state index contributed by atoms with van der Waals surface area (Å²) in [6.45, 7) is 3.72. The van der Waals surface area contributed by atoms with E-state index in [-0.39, 0.29) is 29.6 Å². The maximum absolute atomic E-state index is 12.8. The van der Waals surface area contributed by atoms with Gasteiger partial charge in [0.05, 0.1) is 12.5 Å². The van der Waals surface area contributed by atoms with Crippen LogP contribution in [0.4, 0.5) is 0 Å². The largest absolute Gasteiger partial charge is 0.466 e. The van der Waals surface area contributed by atoms with Gasteiger partial charge in [-0.3, -0.25) is 14.4 Å². The van der Waals surface area contributed by atoms with Crippen LogP contribution in [0.3, 0.4) is 0 Å². The molecule has 1 aromatic carbocycles. The number of rotatable bonds is 6. The second-order valence-corrected chi connectivity index (χ2v) is 8.09. The number of nitrogens with zero attached hydrogens (tertiary/aromatic N) is 1. The Hall–Kier alpha value is -2.37. The molecule has 1 unspecified atom stereocenters. The number of esters is 1. The third kappa shape index (κ3) is 5.81. The molecule has 0 spiro atoms. The standard InChI is InChI=1S/C23H32N2O4/c1-2-29-23(28)20-9-6-14-25(16-20)22(27)19-12-10-17(11-13-19)15-24-21(26)18-7-4-3-5-8-18/h10-13,18,20H,2-9,14-16H2,1H3,(H,24,26). The fourth-order valence-corrected chi connectivity index (χ4v) is 4.26. The number of benzene rings is 1. The summed E-state index contributed by atoms with van der Waals surface area (Å²) in [7, 11) is 0. The van der Waals surface area contributed by atoms with E-state index < -0.39 is 0 Å². The van der Waals surface area contributed by atoms with Gasteiger partial charge in [0.25, 0.3) is 5.91 Å². The molecule has 6 nitrogen and oxygen atoms in total. The first-order chi connectivity index (χ1) is 14.1. The molecule has 1 aliphatic carbocycles. The van der Waals surface area contributed by atoms with Gasteiger partial charge in [-0.15, -0.1) is 0 Å². The molecule has 0 radical (unpaired) electrons. The highest BCUT2D eigenvalue weighted by molar-refractivity contribution is 5.94. The minimum atomic E-state index is -0.234. The average Bonchev–Trinajstić information content (AvgIpc) is 2.78. The molecule has 158 valence electrons. The number of carbonyl (C=O) groups excluding carboxylic acids is 3. The summed E-state index contributed by atoms with van der Waals surface area (Å²) in [5.74, 6) is -0.216. The lowest BCUT2D eigenvalue weighted by atomic mass is 9.88. The summed E-state index contributed by atoms with van der Waals surface area (Å²) in [6.07, 6.45) is 7.06. The predicted molar refractivity (Wildman–Crippen MR) is 110 cm³/mol. The molecule has 6 heteroatoms. The highest BCUT2D eigenvalue weighted by Crippen LogP contribution is 2.24. The number of ether oxygens (including phenoxy) is 1. The SMILES string of the molecule is CCOC(=O)C1CCCN(C(=O)c2ccc(CNC(=O)C3CCCCC3)cc2)C1. The maximum atomic E-state index is 12.8. The molecular formula is C23H32N2O4. The van der Waals surface area contributed by atoms with E-state index in [9.17, 15) is 14.4 Å². The Morgan fingerprint density at radius 1 is 1.00 bits per heavy atom. The molecule has 2 fully saturated rings. The lowest BCUT2D eigenvalue weighted by Gasteiger charge is -2.31. The highest BCUT2D eigenvalue weighted by Gasteiger charge is 2.29. The topological polar surface area (TPSA) is 75.7 Å². The molecule has 3 rings (SSSR count). The van der Waals surface area contributed by atoms with Crippen LogP contribution < -0.4 is 5.32 Å². The van der Waals surface area contributed by atoms with E-state index in [0.717, 1.165) is 44.1 Å². The van der Waals surface area contributed by atoms with Crippen molar-refractivity contribution in [2.75, 3.05) is 19.7 Å². The van der Waals surface area contributed by atoms with Gasteiger partial charge in [0, 0.05) is 31.1 Å². The van der Waals surface area contributed by atoms with E-state index in [1.54, 1.807) is 24.0 Å². The van der Waals surface area contributed by atoms with Gasteiger partial charge in [0.15, 0.2) is 0 Å². The van der Waals surface area contributed by atoms with Crippen molar-refractivity contribution in [3.05, 3.63) is 35.4 Å². The third-order valence-electron chi connectivity index (χ3n) is 5.97. The van der Waals surface area contributed by atoms with E-state index in [2.05, 4.69) is 5.32 Å². The van der Waals surface area contributed by atoms with Crippen LogP contribution in [0.25, 0.3) is 0 Å². The monoisotopic (exact) mass is 400 g/mol. The number of hydrogen-bond donors (Lipinski definition) is 1. The molecule has 1 heterocycles. The Balaban J connectivity index is 1.51. The first-order valence-electron chi connectivity index (χ1n) is 10.9. The summed E-state index contributed by atoms with van der Waals surface area (Å²) in [6, 6.07) is 7.39. The maximum Gasteiger partial charge on any atom is 0.310 e. The average molecular weight is 401 g/mol. The fourth-order valence-electron chi connectivity index (χ4n) is 4.26. The van der Waals surface area contributed by atoms with E-state index in [4.69, 9.17) is 4.74 Å². The van der Waals surface area contributed by atoms with Crippen molar-refractivity contribution in [1.29, 1.82) is 0 Å². The van der Waals surface area contributed by atoms with Crippen LogP contribution in [-0.4, -0.2) is 42.4 Å². The summed E-state index contributed by atoms with van der Waals surface area (Å²) in [5.41, 5.74) is 1.59. The van der Waals surface area contributed by atoms with Crippen LogP contribution in [0.15, 0.2) is 24.3 Å². The molecule has 29 heavy (non-hydrogen) atoms. The van der Waals surface area contributed by atoms with Crippen LogP contribution in [-0.2, 0) is 20.9 Å². The Bertz CT molecular complexity index is 710. The number of carbonyl (C=O) groups is 3. The normalized spacial score (nSPS) is 20.2. The van der Waals surface area contributed by atoms with Gasteiger partial charge in [0.2, 0.25) is 5.91 Å². The third-order valence-corrected chi connectivity index (χ3v) is 5.97. The van der Waals surface area contributed by atoms with Crippen molar-refractivity contribution in [3.63, 3.8) is 0 Å². The fraction of sp³-hybridized carbons (Fsp3) is 0.609. The molecule has 0 aromatic heterocycles. The lowest BCUT2D eigenvalue weighted by Crippen LogP contribution is -2.42. The van der Waals surface area contributed by atoms with Gasteiger partial charge < -0.3 is 15.0 Å². The van der Waals surface area contributed by atoms with E-state index in [0.29, 0.717) is 31.8 Å². The van der Waals surface area contributed by atoms with E-state index in [1.807, 2.05) is 12.1 Å². The number of amides is 2. The van der Waals surface area contributed by atoms with E-state index >= 15 is 0 Å². The van der Waals surface area contributed by atoms with Crippen molar-refractivity contribution in [2.24, 2.45) is 11.8 Å². The van der Waals surface area contributed by atoms with Crippen molar-refractivity contribution in [2.45, 2.75) is 58.4 Å². The first-order valence-corrected chi connectivity index (χ1v) is 10.9. The minimum Gasteiger partial charge on any atom is -0.466 e. The Kier molecular flexibility index (Phi) is 7.67. The molecular weight excluding hydrogens is 368 g/mol. The number of hydrogen-bond acceptors (Lipinski definition) is 4. The van der Waals surface area contributed by atoms with Gasteiger partial charge in [-0.1, -0.05) is 31.4 Å². The molecule has 2 amide bonds. The zero-order chi connectivity index (χ0) is 20.6. The summed E-state index contributed by atoms with van der Waals surface area (Å²) < 4.78 is 5.11. The second kappa shape index (κ2) is 10.4. The van der Waals surface area contributed by atoms with Crippen molar-refractivity contribution in [1.82, 2.24) is 10.2 Å². The molecule has 1 saturated carbocycles. The van der Waals surface area contributed by atoms with Crippen molar-refractivity contribution in [3.8, 4) is 0 Å². The zero-order valence-electron chi connectivity index (χ0n) is 17.3. The Labute approximate surface area is 173 Å². The van der Waals surface area contributed by atoms with Crippen LogP contribution in [0, 0.1) is 11.8 Å². The summed E-state index contributed by atoms with van der Waals surface area (Å²) >= 11 is 0. The summed E-state index contributed by atoms with van der Waals surface area (Å²) in [4.78, 5) is 38.8. The number of nitrogens with one attached hydrogen (secondary N) is 1. The highest BCUT2D eigenvalue weighted by atomic mass is 16.5. The number of likely N-dealkylation sites (tertiary alicyclic amines) is 1. The van der Waals surface area contributed by atoms with Gasteiger partial charge in [-0.05, 0) is 50.3 Å². The lowest BCUT2D eigenvalue weighted by molar-refractivity contribution is -0.149.